The van der Waals surface area contributed by atoms with Crippen LogP contribution in [0.4, 0.5) is 0 Å². The number of rotatable bonds is 2. The largest absolute Gasteiger partial charge is 0.325 e. The SMILES string of the molecule is Cc1cc(CN)nc(-c2ccnc(C)n2)n1. The van der Waals surface area contributed by atoms with Crippen LogP contribution in [0.15, 0.2) is 18.3 Å². The predicted molar refractivity (Wildman–Crippen MR) is 60.4 cm³/mol. The molecular weight excluding hydrogens is 202 g/mol. The Morgan fingerprint density at radius 2 is 2.00 bits per heavy atom. The number of hydrogen-bond donors (Lipinski definition) is 1. The van der Waals surface area contributed by atoms with Crippen molar-refractivity contribution in [2.75, 3.05) is 0 Å². The summed E-state index contributed by atoms with van der Waals surface area (Å²) >= 11 is 0. The molecule has 0 saturated carbocycles. The molecule has 0 atom stereocenters. The highest BCUT2D eigenvalue weighted by molar-refractivity contribution is 5.48. The molecule has 0 aliphatic heterocycles. The molecular formula is C11H13N5. The van der Waals surface area contributed by atoms with Crippen LogP contribution >= 0.6 is 0 Å². The van der Waals surface area contributed by atoms with Crippen LogP contribution in [0.5, 0.6) is 0 Å². The maximum atomic E-state index is 5.57. The Bertz CT molecular complexity index is 509. The Labute approximate surface area is 93.8 Å². The van der Waals surface area contributed by atoms with Crippen LogP contribution in [0.3, 0.4) is 0 Å². The highest BCUT2D eigenvalue weighted by Crippen LogP contribution is 2.12. The van der Waals surface area contributed by atoms with Crippen molar-refractivity contribution in [3.63, 3.8) is 0 Å². The Morgan fingerprint density at radius 1 is 1.19 bits per heavy atom. The monoisotopic (exact) mass is 215 g/mol. The zero-order valence-electron chi connectivity index (χ0n) is 9.31. The van der Waals surface area contributed by atoms with Gasteiger partial charge in [-0.2, -0.15) is 0 Å². The van der Waals surface area contributed by atoms with Gasteiger partial charge in [0.15, 0.2) is 5.82 Å². The third kappa shape index (κ3) is 2.20. The van der Waals surface area contributed by atoms with Gasteiger partial charge in [0.2, 0.25) is 0 Å². The molecule has 2 N–H and O–H groups in total. The van der Waals surface area contributed by atoms with Crippen molar-refractivity contribution in [2.24, 2.45) is 5.73 Å². The fourth-order valence-corrected chi connectivity index (χ4v) is 1.43. The van der Waals surface area contributed by atoms with Crippen LogP contribution in [0.1, 0.15) is 17.2 Å². The van der Waals surface area contributed by atoms with Crippen molar-refractivity contribution in [3.05, 3.63) is 35.5 Å². The number of aryl methyl sites for hydroxylation is 2. The zero-order chi connectivity index (χ0) is 11.5. The van der Waals surface area contributed by atoms with E-state index in [-0.39, 0.29) is 0 Å². The van der Waals surface area contributed by atoms with E-state index in [0.29, 0.717) is 18.2 Å². The van der Waals surface area contributed by atoms with E-state index in [0.717, 1.165) is 17.1 Å². The van der Waals surface area contributed by atoms with Gasteiger partial charge in [-0.05, 0) is 26.0 Å². The molecule has 0 amide bonds. The van der Waals surface area contributed by atoms with Gasteiger partial charge in [-0.1, -0.05) is 0 Å². The summed E-state index contributed by atoms with van der Waals surface area (Å²) in [5.74, 6) is 1.31. The lowest BCUT2D eigenvalue weighted by Crippen LogP contribution is -2.04. The average Bonchev–Trinajstić information content (AvgIpc) is 2.28. The van der Waals surface area contributed by atoms with Crippen LogP contribution in [-0.2, 0) is 6.54 Å². The summed E-state index contributed by atoms with van der Waals surface area (Å²) in [7, 11) is 0. The minimum Gasteiger partial charge on any atom is -0.325 e. The smallest absolute Gasteiger partial charge is 0.178 e. The first-order valence-electron chi connectivity index (χ1n) is 5.03. The Morgan fingerprint density at radius 3 is 2.69 bits per heavy atom. The number of hydrogen-bond acceptors (Lipinski definition) is 5. The van der Waals surface area contributed by atoms with Crippen molar-refractivity contribution in [1.29, 1.82) is 0 Å². The molecule has 0 aromatic carbocycles. The molecule has 0 unspecified atom stereocenters. The summed E-state index contributed by atoms with van der Waals surface area (Å²) < 4.78 is 0. The van der Waals surface area contributed by atoms with Gasteiger partial charge in [0.1, 0.15) is 11.5 Å². The maximum Gasteiger partial charge on any atom is 0.178 e. The van der Waals surface area contributed by atoms with Gasteiger partial charge in [-0.3, -0.25) is 0 Å². The van der Waals surface area contributed by atoms with Gasteiger partial charge in [0.25, 0.3) is 0 Å². The first kappa shape index (κ1) is 10.6. The normalized spacial score (nSPS) is 10.4. The van der Waals surface area contributed by atoms with Crippen molar-refractivity contribution in [3.8, 4) is 11.5 Å². The molecule has 82 valence electrons. The van der Waals surface area contributed by atoms with Crippen LogP contribution in [-0.4, -0.2) is 19.9 Å². The van der Waals surface area contributed by atoms with Gasteiger partial charge < -0.3 is 5.73 Å². The van der Waals surface area contributed by atoms with Crippen molar-refractivity contribution < 1.29 is 0 Å². The molecule has 0 spiro atoms. The molecule has 0 aliphatic rings. The average molecular weight is 215 g/mol. The van der Waals surface area contributed by atoms with E-state index in [1.807, 2.05) is 19.9 Å². The second kappa shape index (κ2) is 4.32. The van der Waals surface area contributed by atoms with Gasteiger partial charge in [0.05, 0.1) is 5.69 Å². The summed E-state index contributed by atoms with van der Waals surface area (Å²) in [4.78, 5) is 17.0. The molecule has 0 bridgehead atoms. The molecule has 0 fully saturated rings. The van der Waals surface area contributed by atoms with E-state index in [1.54, 1.807) is 12.3 Å². The van der Waals surface area contributed by atoms with E-state index >= 15 is 0 Å². The zero-order valence-corrected chi connectivity index (χ0v) is 9.31. The summed E-state index contributed by atoms with van der Waals surface area (Å²) in [5.41, 5.74) is 8.01. The minimum atomic E-state index is 0.403. The molecule has 0 saturated heterocycles. The van der Waals surface area contributed by atoms with Gasteiger partial charge in [-0.25, -0.2) is 19.9 Å². The molecule has 5 nitrogen and oxygen atoms in total. The van der Waals surface area contributed by atoms with Crippen molar-refractivity contribution >= 4 is 0 Å². The molecule has 2 aromatic rings. The van der Waals surface area contributed by atoms with E-state index < -0.39 is 0 Å². The van der Waals surface area contributed by atoms with E-state index in [1.165, 1.54) is 0 Å². The fraction of sp³-hybridized carbons (Fsp3) is 0.273. The van der Waals surface area contributed by atoms with Gasteiger partial charge in [-0.15, -0.1) is 0 Å². The quantitative estimate of drug-likeness (QED) is 0.808. The Kier molecular flexibility index (Phi) is 2.87. The lowest BCUT2D eigenvalue weighted by molar-refractivity contribution is 0.941. The van der Waals surface area contributed by atoms with Crippen LogP contribution < -0.4 is 5.73 Å². The van der Waals surface area contributed by atoms with Gasteiger partial charge >= 0.3 is 0 Å². The number of nitrogens with zero attached hydrogens (tertiary/aromatic N) is 4. The summed E-state index contributed by atoms with van der Waals surface area (Å²) in [6, 6.07) is 3.67. The highest BCUT2D eigenvalue weighted by Gasteiger charge is 2.05. The summed E-state index contributed by atoms with van der Waals surface area (Å²) in [6.07, 6.45) is 1.70. The number of nitrogens with two attached hydrogens (primary N) is 1. The topological polar surface area (TPSA) is 77.6 Å². The molecule has 16 heavy (non-hydrogen) atoms. The second-order valence-electron chi connectivity index (χ2n) is 3.52. The molecule has 0 aliphatic carbocycles. The van der Waals surface area contributed by atoms with Crippen LogP contribution in [0.2, 0.25) is 0 Å². The fourth-order valence-electron chi connectivity index (χ4n) is 1.43. The molecule has 5 heteroatoms. The Hall–Kier alpha value is -1.88. The molecule has 2 rings (SSSR count). The first-order valence-corrected chi connectivity index (χ1v) is 5.03. The molecule has 2 heterocycles. The highest BCUT2D eigenvalue weighted by atomic mass is 15.0. The standard InChI is InChI=1S/C11H13N5/c1-7-5-9(6-12)16-11(14-7)10-3-4-13-8(2)15-10/h3-5H,6,12H2,1-2H3. The van der Waals surface area contributed by atoms with Crippen molar-refractivity contribution in [2.45, 2.75) is 20.4 Å². The molecule has 2 aromatic heterocycles. The maximum absolute atomic E-state index is 5.57. The van der Waals surface area contributed by atoms with Crippen molar-refractivity contribution in [1.82, 2.24) is 19.9 Å². The van der Waals surface area contributed by atoms with Crippen LogP contribution in [0.25, 0.3) is 11.5 Å². The predicted octanol–water partition coefficient (Wildman–Crippen LogP) is 1.01. The van der Waals surface area contributed by atoms with E-state index in [9.17, 15) is 0 Å². The minimum absolute atomic E-state index is 0.403. The molecule has 0 radical (unpaired) electrons. The van der Waals surface area contributed by atoms with Gasteiger partial charge in [0, 0.05) is 18.4 Å². The lowest BCUT2D eigenvalue weighted by atomic mass is 10.3. The van der Waals surface area contributed by atoms with E-state index in [4.69, 9.17) is 5.73 Å². The van der Waals surface area contributed by atoms with E-state index in [2.05, 4.69) is 19.9 Å². The lowest BCUT2D eigenvalue weighted by Gasteiger charge is -2.04. The van der Waals surface area contributed by atoms with Crippen LogP contribution in [0, 0.1) is 13.8 Å². The second-order valence-corrected chi connectivity index (χ2v) is 3.52. The summed E-state index contributed by atoms with van der Waals surface area (Å²) in [6.45, 7) is 4.15. The number of aromatic nitrogens is 4. The first-order chi connectivity index (χ1) is 7.69. The summed E-state index contributed by atoms with van der Waals surface area (Å²) in [5, 5.41) is 0. The third-order valence-corrected chi connectivity index (χ3v) is 2.12. The Balaban J connectivity index is 2.51. The third-order valence-electron chi connectivity index (χ3n) is 2.12.